The summed E-state index contributed by atoms with van der Waals surface area (Å²) in [7, 11) is 0. The van der Waals surface area contributed by atoms with E-state index in [2.05, 4.69) is 20.7 Å². The van der Waals surface area contributed by atoms with E-state index in [0.717, 1.165) is 9.79 Å². The van der Waals surface area contributed by atoms with Crippen molar-refractivity contribution in [2.24, 2.45) is 0 Å². The lowest BCUT2D eigenvalue weighted by Gasteiger charge is -2.09. The molecule has 1 amide bonds. The zero-order chi connectivity index (χ0) is 15.2. The van der Waals surface area contributed by atoms with Crippen LogP contribution in [0.15, 0.2) is 70.6 Å². The Morgan fingerprint density at radius 1 is 1.09 bits per heavy atom. The highest BCUT2D eigenvalue weighted by atomic mass is 32.2. The van der Waals surface area contributed by atoms with Gasteiger partial charge in [-0.25, -0.2) is 0 Å². The first-order valence-electron chi connectivity index (χ1n) is 6.78. The Balaban J connectivity index is 1.74. The van der Waals surface area contributed by atoms with Crippen LogP contribution in [-0.4, -0.2) is 21.3 Å². The number of benzene rings is 2. The third-order valence-corrected chi connectivity index (χ3v) is 4.08. The van der Waals surface area contributed by atoms with E-state index >= 15 is 0 Å². The molecule has 0 unspecified atom stereocenters. The number of aromatic nitrogens is 3. The first-order chi connectivity index (χ1) is 10.8. The lowest BCUT2D eigenvalue weighted by molar-refractivity contribution is 0.0947. The molecule has 0 saturated carbocycles. The molecule has 2 aromatic carbocycles. The third-order valence-electron chi connectivity index (χ3n) is 3.00. The van der Waals surface area contributed by atoms with E-state index < -0.39 is 0 Å². The molecule has 0 aliphatic heterocycles. The van der Waals surface area contributed by atoms with Gasteiger partial charge in [0.2, 0.25) is 0 Å². The normalized spacial score (nSPS) is 10.4. The quantitative estimate of drug-likeness (QED) is 0.760. The summed E-state index contributed by atoms with van der Waals surface area (Å²) in [6.45, 7) is 0.347. The average molecular weight is 310 g/mol. The molecule has 0 aliphatic carbocycles. The molecule has 0 radical (unpaired) electrons. The van der Waals surface area contributed by atoms with Gasteiger partial charge in [-0.3, -0.25) is 4.79 Å². The van der Waals surface area contributed by atoms with Crippen LogP contribution in [0, 0.1) is 0 Å². The van der Waals surface area contributed by atoms with Gasteiger partial charge in [0.15, 0.2) is 0 Å². The second-order valence-electron chi connectivity index (χ2n) is 4.56. The van der Waals surface area contributed by atoms with E-state index in [4.69, 9.17) is 0 Å². The van der Waals surface area contributed by atoms with Gasteiger partial charge in [-0.15, -0.1) is 0 Å². The van der Waals surface area contributed by atoms with Crippen molar-refractivity contribution in [2.75, 3.05) is 0 Å². The van der Waals surface area contributed by atoms with Crippen molar-refractivity contribution in [1.82, 2.24) is 20.7 Å². The lowest BCUT2D eigenvalue weighted by atomic mass is 10.2. The minimum Gasteiger partial charge on any atom is -0.346 e. The van der Waals surface area contributed by atoms with Gasteiger partial charge in [0.25, 0.3) is 5.91 Å². The van der Waals surface area contributed by atoms with Crippen LogP contribution in [-0.2, 0) is 6.54 Å². The number of nitrogens with zero attached hydrogens (tertiary/aromatic N) is 2. The van der Waals surface area contributed by atoms with Gasteiger partial charge in [-0.05, 0) is 24.3 Å². The summed E-state index contributed by atoms with van der Waals surface area (Å²) in [6.07, 6.45) is 1.59. The van der Waals surface area contributed by atoms with Crippen LogP contribution in [0.3, 0.4) is 0 Å². The SMILES string of the molecule is O=C(NCc1cn[nH]n1)c1ccccc1Sc1ccccc1. The lowest BCUT2D eigenvalue weighted by Crippen LogP contribution is -2.23. The molecule has 6 heteroatoms. The van der Waals surface area contributed by atoms with Gasteiger partial charge in [0, 0.05) is 9.79 Å². The predicted molar refractivity (Wildman–Crippen MR) is 84.6 cm³/mol. The van der Waals surface area contributed by atoms with Gasteiger partial charge >= 0.3 is 0 Å². The van der Waals surface area contributed by atoms with E-state index in [9.17, 15) is 4.79 Å². The molecule has 22 heavy (non-hydrogen) atoms. The summed E-state index contributed by atoms with van der Waals surface area (Å²) in [6, 6.07) is 17.5. The fourth-order valence-electron chi connectivity index (χ4n) is 1.94. The van der Waals surface area contributed by atoms with E-state index in [0.29, 0.717) is 17.8 Å². The van der Waals surface area contributed by atoms with Crippen molar-refractivity contribution in [1.29, 1.82) is 0 Å². The zero-order valence-electron chi connectivity index (χ0n) is 11.7. The first kappa shape index (κ1) is 14.3. The van der Waals surface area contributed by atoms with Crippen LogP contribution in [0.5, 0.6) is 0 Å². The van der Waals surface area contributed by atoms with E-state index in [1.807, 2.05) is 54.6 Å². The maximum atomic E-state index is 12.4. The summed E-state index contributed by atoms with van der Waals surface area (Å²) in [4.78, 5) is 14.4. The zero-order valence-corrected chi connectivity index (χ0v) is 12.5. The largest absolute Gasteiger partial charge is 0.346 e. The standard InChI is InChI=1S/C16H14N4OS/c21-16(17-10-12-11-18-20-19-12)14-8-4-5-9-15(14)22-13-6-2-1-3-7-13/h1-9,11H,10H2,(H,17,21)(H,18,19,20). The minimum absolute atomic E-state index is 0.123. The molecule has 0 spiro atoms. The molecule has 0 bridgehead atoms. The molecule has 2 N–H and O–H groups in total. The molecular weight excluding hydrogens is 296 g/mol. The van der Waals surface area contributed by atoms with Crippen molar-refractivity contribution in [3.63, 3.8) is 0 Å². The Bertz CT molecular complexity index is 744. The number of H-pyrrole nitrogens is 1. The maximum absolute atomic E-state index is 12.4. The minimum atomic E-state index is -0.123. The molecule has 3 aromatic rings. The number of rotatable bonds is 5. The van der Waals surface area contributed by atoms with E-state index in [1.165, 1.54) is 0 Å². The van der Waals surface area contributed by atoms with Crippen molar-refractivity contribution in [3.8, 4) is 0 Å². The molecule has 5 nitrogen and oxygen atoms in total. The van der Waals surface area contributed by atoms with Crippen LogP contribution in [0.2, 0.25) is 0 Å². The van der Waals surface area contributed by atoms with E-state index in [1.54, 1.807) is 18.0 Å². The summed E-state index contributed by atoms with van der Waals surface area (Å²) >= 11 is 1.57. The third kappa shape index (κ3) is 3.53. The van der Waals surface area contributed by atoms with Gasteiger partial charge in [-0.2, -0.15) is 15.4 Å². The molecule has 3 rings (SSSR count). The highest BCUT2D eigenvalue weighted by Gasteiger charge is 2.12. The Morgan fingerprint density at radius 3 is 2.64 bits per heavy atom. The van der Waals surface area contributed by atoms with Crippen molar-refractivity contribution >= 4 is 17.7 Å². The van der Waals surface area contributed by atoms with Crippen LogP contribution in [0.1, 0.15) is 16.1 Å². The molecule has 0 fully saturated rings. The molecule has 110 valence electrons. The number of hydrogen-bond acceptors (Lipinski definition) is 4. The summed E-state index contributed by atoms with van der Waals surface area (Å²) < 4.78 is 0. The second kappa shape index (κ2) is 6.91. The second-order valence-corrected chi connectivity index (χ2v) is 5.67. The number of carbonyl (C=O) groups excluding carboxylic acids is 1. The molecule has 0 aliphatic rings. The Hall–Kier alpha value is -2.60. The molecule has 0 atom stereocenters. The molecule has 0 saturated heterocycles. The fraction of sp³-hybridized carbons (Fsp3) is 0.0625. The van der Waals surface area contributed by atoms with Gasteiger partial charge in [0.05, 0.1) is 18.3 Å². The Morgan fingerprint density at radius 2 is 1.86 bits per heavy atom. The molecule has 1 aromatic heterocycles. The highest BCUT2D eigenvalue weighted by Crippen LogP contribution is 2.30. The fourth-order valence-corrected chi connectivity index (χ4v) is 2.90. The number of amides is 1. The Kier molecular flexibility index (Phi) is 4.50. The van der Waals surface area contributed by atoms with Gasteiger partial charge in [0.1, 0.15) is 5.69 Å². The topological polar surface area (TPSA) is 70.7 Å². The summed E-state index contributed by atoms with van der Waals surface area (Å²) in [5.41, 5.74) is 1.35. The van der Waals surface area contributed by atoms with Crippen LogP contribution in [0.4, 0.5) is 0 Å². The van der Waals surface area contributed by atoms with Crippen molar-refractivity contribution in [3.05, 3.63) is 72.1 Å². The number of carbonyl (C=O) groups is 1. The van der Waals surface area contributed by atoms with Gasteiger partial charge < -0.3 is 5.32 Å². The van der Waals surface area contributed by atoms with E-state index in [-0.39, 0.29) is 5.91 Å². The predicted octanol–water partition coefficient (Wildman–Crippen LogP) is 2.89. The van der Waals surface area contributed by atoms with Crippen molar-refractivity contribution < 1.29 is 4.79 Å². The molecular formula is C16H14N4OS. The maximum Gasteiger partial charge on any atom is 0.252 e. The summed E-state index contributed by atoms with van der Waals surface area (Å²) in [5, 5.41) is 13.0. The van der Waals surface area contributed by atoms with Crippen LogP contribution < -0.4 is 5.32 Å². The van der Waals surface area contributed by atoms with Gasteiger partial charge in [-0.1, -0.05) is 42.1 Å². The smallest absolute Gasteiger partial charge is 0.252 e. The van der Waals surface area contributed by atoms with Crippen LogP contribution >= 0.6 is 11.8 Å². The Labute approximate surface area is 132 Å². The monoisotopic (exact) mass is 310 g/mol. The first-order valence-corrected chi connectivity index (χ1v) is 7.59. The number of hydrogen-bond donors (Lipinski definition) is 2. The average Bonchev–Trinajstić information content (AvgIpc) is 3.08. The molecule has 1 heterocycles. The highest BCUT2D eigenvalue weighted by molar-refractivity contribution is 7.99. The van der Waals surface area contributed by atoms with Crippen molar-refractivity contribution in [2.45, 2.75) is 16.3 Å². The van der Waals surface area contributed by atoms with Crippen LogP contribution in [0.25, 0.3) is 0 Å². The number of aromatic amines is 1. The number of nitrogens with one attached hydrogen (secondary N) is 2. The summed E-state index contributed by atoms with van der Waals surface area (Å²) in [5.74, 6) is -0.123.